The molecule has 0 spiro atoms. The predicted molar refractivity (Wildman–Crippen MR) is 99.5 cm³/mol. The van der Waals surface area contributed by atoms with Crippen LogP contribution in [0.4, 0.5) is 0 Å². The van der Waals surface area contributed by atoms with Gasteiger partial charge in [0.05, 0.1) is 0 Å². The lowest BCUT2D eigenvalue weighted by Crippen LogP contribution is -2.48. The van der Waals surface area contributed by atoms with Crippen molar-refractivity contribution in [1.82, 2.24) is 15.1 Å². The monoisotopic (exact) mass is 415 g/mol. The van der Waals surface area contributed by atoms with Gasteiger partial charge in [0.1, 0.15) is 6.04 Å². The fourth-order valence-corrected chi connectivity index (χ4v) is 3.57. The largest absolute Gasteiger partial charge is 0.340 e. The summed E-state index contributed by atoms with van der Waals surface area (Å²) in [5.74, 6) is 0.0676. The number of likely N-dealkylation sites (tertiary alicyclic amines) is 1. The van der Waals surface area contributed by atoms with E-state index in [1.807, 2.05) is 29.2 Å². The SMILES string of the molecule is Cl.O=C(C1CCCN1C(=O)c1ccc(Br)cc1)N1CCCNCC1. The number of hydrogen-bond acceptors (Lipinski definition) is 3. The fourth-order valence-electron chi connectivity index (χ4n) is 3.30. The molecule has 2 saturated heterocycles. The van der Waals surface area contributed by atoms with Crippen LogP contribution < -0.4 is 5.32 Å². The molecule has 1 N–H and O–H groups in total. The summed E-state index contributed by atoms with van der Waals surface area (Å²) in [6.45, 7) is 3.96. The van der Waals surface area contributed by atoms with Crippen LogP contribution >= 0.6 is 28.3 Å². The molecule has 1 aromatic carbocycles. The van der Waals surface area contributed by atoms with E-state index in [0.29, 0.717) is 12.1 Å². The minimum absolute atomic E-state index is 0. The van der Waals surface area contributed by atoms with Crippen molar-refractivity contribution >= 4 is 40.2 Å². The number of carbonyl (C=O) groups excluding carboxylic acids is 2. The van der Waals surface area contributed by atoms with Crippen LogP contribution in [-0.4, -0.2) is 60.4 Å². The fraction of sp³-hybridized carbons (Fsp3) is 0.529. The molecule has 0 saturated carbocycles. The molecular formula is C17H23BrClN3O2. The molecule has 2 aliphatic heterocycles. The zero-order chi connectivity index (χ0) is 16.2. The van der Waals surface area contributed by atoms with Crippen LogP contribution in [0.2, 0.25) is 0 Å². The molecule has 0 radical (unpaired) electrons. The first kappa shape index (κ1) is 19.2. The van der Waals surface area contributed by atoms with Crippen LogP contribution in [-0.2, 0) is 4.79 Å². The van der Waals surface area contributed by atoms with Crippen LogP contribution in [0.5, 0.6) is 0 Å². The molecule has 2 fully saturated rings. The van der Waals surface area contributed by atoms with Gasteiger partial charge in [0, 0.05) is 36.2 Å². The lowest BCUT2D eigenvalue weighted by molar-refractivity contribution is -0.135. The van der Waals surface area contributed by atoms with Gasteiger partial charge in [0.2, 0.25) is 5.91 Å². The molecule has 1 unspecified atom stereocenters. The molecule has 1 aromatic rings. The summed E-state index contributed by atoms with van der Waals surface area (Å²) < 4.78 is 0.945. The van der Waals surface area contributed by atoms with Crippen molar-refractivity contribution in [3.8, 4) is 0 Å². The van der Waals surface area contributed by atoms with Crippen LogP contribution in [0.15, 0.2) is 28.7 Å². The average molecular weight is 417 g/mol. The summed E-state index contributed by atoms with van der Waals surface area (Å²) in [6.07, 6.45) is 2.63. The maximum atomic E-state index is 12.9. The third kappa shape index (κ3) is 4.29. The third-order valence-electron chi connectivity index (χ3n) is 4.54. The van der Waals surface area contributed by atoms with E-state index in [2.05, 4.69) is 21.2 Å². The molecule has 0 aromatic heterocycles. The molecule has 132 valence electrons. The van der Waals surface area contributed by atoms with E-state index < -0.39 is 0 Å². The average Bonchev–Trinajstić information content (AvgIpc) is 2.89. The minimum atomic E-state index is -0.302. The number of hydrogen-bond donors (Lipinski definition) is 1. The van der Waals surface area contributed by atoms with Crippen molar-refractivity contribution in [1.29, 1.82) is 0 Å². The normalized spacial score (nSPS) is 21.1. The Labute approximate surface area is 157 Å². The number of amides is 2. The Hall–Kier alpha value is -1.11. The van der Waals surface area contributed by atoms with Gasteiger partial charge in [-0.2, -0.15) is 0 Å². The van der Waals surface area contributed by atoms with Gasteiger partial charge >= 0.3 is 0 Å². The van der Waals surface area contributed by atoms with E-state index in [0.717, 1.165) is 49.9 Å². The van der Waals surface area contributed by atoms with Gasteiger partial charge in [0.25, 0.3) is 5.91 Å². The molecule has 0 bridgehead atoms. The highest BCUT2D eigenvalue weighted by molar-refractivity contribution is 9.10. The number of carbonyl (C=O) groups is 2. The van der Waals surface area contributed by atoms with Crippen molar-refractivity contribution in [2.24, 2.45) is 0 Å². The topological polar surface area (TPSA) is 52.7 Å². The Bertz CT molecular complexity index is 574. The molecule has 0 aliphatic carbocycles. The van der Waals surface area contributed by atoms with E-state index in [1.54, 1.807) is 4.90 Å². The van der Waals surface area contributed by atoms with Crippen LogP contribution in [0.1, 0.15) is 29.6 Å². The zero-order valence-electron chi connectivity index (χ0n) is 13.5. The van der Waals surface area contributed by atoms with Gasteiger partial charge in [-0.3, -0.25) is 9.59 Å². The molecule has 5 nitrogen and oxygen atoms in total. The maximum Gasteiger partial charge on any atom is 0.254 e. The summed E-state index contributed by atoms with van der Waals surface area (Å²) in [4.78, 5) is 29.3. The maximum absolute atomic E-state index is 12.9. The summed E-state index contributed by atoms with van der Waals surface area (Å²) >= 11 is 3.38. The van der Waals surface area contributed by atoms with Gasteiger partial charge in [-0.25, -0.2) is 0 Å². The Morgan fingerprint density at radius 1 is 1.04 bits per heavy atom. The Kier molecular flexibility index (Phi) is 7.07. The second kappa shape index (κ2) is 8.83. The minimum Gasteiger partial charge on any atom is -0.340 e. The molecule has 2 amide bonds. The highest BCUT2D eigenvalue weighted by atomic mass is 79.9. The first-order chi connectivity index (χ1) is 11.2. The highest BCUT2D eigenvalue weighted by Crippen LogP contribution is 2.23. The van der Waals surface area contributed by atoms with Crippen LogP contribution in [0.25, 0.3) is 0 Å². The number of halogens is 2. The van der Waals surface area contributed by atoms with Crippen molar-refractivity contribution in [3.63, 3.8) is 0 Å². The summed E-state index contributed by atoms with van der Waals surface area (Å²) in [5.41, 5.74) is 0.644. The quantitative estimate of drug-likeness (QED) is 0.805. The van der Waals surface area contributed by atoms with Crippen molar-refractivity contribution in [2.45, 2.75) is 25.3 Å². The summed E-state index contributed by atoms with van der Waals surface area (Å²) in [5, 5.41) is 3.31. The summed E-state index contributed by atoms with van der Waals surface area (Å²) in [6, 6.07) is 7.04. The first-order valence-corrected chi connectivity index (χ1v) is 9.02. The van der Waals surface area contributed by atoms with Gasteiger partial charge in [-0.1, -0.05) is 15.9 Å². The van der Waals surface area contributed by atoms with Gasteiger partial charge in [-0.15, -0.1) is 12.4 Å². The van der Waals surface area contributed by atoms with Gasteiger partial charge < -0.3 is 15.1 Å². The van der Waals surface area contributed by atoms with Crippen LogP contribution in [0.3, 0.4) is 0 Å². The van der Waals surface area contributed by atoms with Crippen LogP contribution in [0, 0.1) is 0 Å². The Morgan fingerprint density at radius 2 is 1.79 bits per heavy atom. The second-order valence-electron chi connectivity index (χ2n) is 6.09. The molecule has 2 aliphatic rings. The zero-order valence-corrected chi connectivity index (χ0v) is 15.9. The Balaban J connectivity index is 0.00000208. The number of benzene rings is 1. The molecule has 7 heteroatoms. The Morgan fingerprint density at radius 3 is 2.54 bits per heavy atom. The van der Waals surface area contributed by atoms with E-state index in [4.69, 9.17) is 0 Å². The molecule has 3 rings (SSSR count). The second-order valence-corrected chi connectivity index (χ2v) is 7.01. The number of nitrogens with one attached hydrogen (secondary N) is 1. The lowest BCUT2D eigenvalue weighted by atomic mass is 10.1. The predicted octanol–water partition coefficient (Wildman–Crippen LogP) is 2.30. The highest BCUT2D eigenvalue weighted by Gasteiger charge is 2.36. The molecule has 1 atom stereocenters. The van der Waals surface area contributed by atoms with E-state index in [9.17, 15) is 9.59 Å². The van der Waals surface area contributed by atoms with Gasteiger partial charge in [0.15, 0.2) is 0 Å². The van der Waals surface area contributed by atoms with E-state index >= 15 is 0 Å². The van der Waals surface area contributed by atoms with E-state index in [-0.39, 0.29) is 30.3 Å². The third-order valence-corrected chi connectivity index (χ3v) is 5.07. The number of nitrogens with zero attached hydrogens (tertiary/aromatic N) is 2. The molecule has 2 heterocycles. The first-order valence-electron chi connectivity index (χ1n) is 8.23. The molecule has 24 heavy (non-hydrogen) atoms. The van der Waals surface area contributed by atoms with Crippen molar-refractivity contribution in [3.05, 3.63) is 34.3 Å². The molecular weight excluding hydrogens is 394 g/mol. The summed E-state index contributed by atoms with van der Waals surface area (Å²) in [7, 11) is 0. The lowest BCUT2D eigenvalue weighted by Gasteiger charge is -2.29. The number of rotatable bonds is 2. The van der Waals surface area contributed by atoms with E-state index in [1.165, 1.54) is 0 Å². The van der Waals surface area contributed by atoms with Gasteiger partial charge in [-0.05, 0) is 50.1 Å². The van der Waals surface area contributed by atoms with Crippen molar-refractivity contribution < 1.29 is 9.59 Å². The standard InChI is InChI=1S/C17H22BrN3O2.ClH/c18-14-6-4-13(5-7-14)16(22)21-11-1-3-15(21)17(23)20-10-2-8-19-9-12-20;/h4-7,15,19H,1-3,8-12H2;1H. The smallest absolute Gasteiger partial charge is 0.254 e. The van der Waals surface area contributed by atoms with Crippen molar-refractivity contribution in [2.75, 3.05) is 32.7 Å².